The van der Waals surface area contributed by atoms with Gasteiger partial charge in [0.05, 0.1) is 9.79 Å². The van der Waals surface area contributed by atoms with Crippen molar-refractivity contribution in [2.45, 2.75) is 27.3 Å². The van der Waals surface area contributed by atoms with Crippen LogP contribution in [0.5, 0.6) is 0 Å². The van der Waals surface area contributed by atoms with E-state index in [0.29, 0.717) is 0 Å². The van der Waals surface area contributed by atoms with E-state index in [1.807, 2.05) is 0 Å². The Bertz CT molecular complexity index is 1250. The van der Waals surface area contributed by atoms with Gasteiger partial charge in [-0.3, -0.25) is 8.74 Å². The van der Waals surface area contributed by atoms with Gasteiger partial charge in [0.25, 0.3) is 20.2 Å². The van der Waals surface area contributed by atoms with Crippen molar-refractivity contribution in [1.82, 2.24) is 0 Å². The molecule has 1 unspecified atom stereocenters. The Morgan fingerprint density at radius 2 is 1.37 bits per heavy atom. The van der Waals surface area contributed by atoms with Gasteiger partial charge in [0.2, 0.25) is 9.84 Å². The zero-order chi connectivity index (χ0) is 22.5. The van der Waals surface area contributed by atoms with E-state index >= 15 is 0 Å². The normalized spacial score (nSPS) is 17.7. The first-order valence-corrected chi connectivity index (χ1v) is 12.6. The molecule has 0 spiro atoms. The molecule has 0 bridgehead atoms. The molecule has 1 aliphatic rings. The molecule has 0 saturated heterocycles. The average molecular weight is 486 g/mol. The van der Waals surface area contributed by atoms with Gasteiger partial charge in [-0.15, -0.1) is 0 Å². The number of hydrogen-bond donors (Lipinski definition) is 1. The first kappa shape index (κ1) is 22.7. The largest absolute Gasteiger partial charge is 0.417 e. The second kappa shape index (κ2) is 7.30. The van der Waals surface area contributed by atoms with Gasteiger partial charge in [-0.25, -0.2) is 8.42 Å². The molecule has 2 aromatic carbocycles. The molecule has 1 aliphatic heterocycles. The summed E-state index contributed by atoms with van der Waals surface area (Å²) in [6.07, 6.45) is -8.85. The lowest BCUT2D eigenvalue weighted by Gasteiger charge is -2.29. The van der Waals surface area contributed by atoms with Crippen molar-refractivity contribution in [3.8, 4) is 0 Å². The number of halogens is 3. The summed E-state index contributed by atoms with van der Waals surface area (Å²) in [4.78, 5) is -0.863. The SMILES string of the molecule is O=S(=O)(O)CC(OS(=O)(=O)C1c2ccccc2S(=O)(=O)c2ccccc21)C(F)(F)F. The monoisotopic (exact) mass is 486 g/mol. The molecule has 0 aromatic heterocycles. The van der Waals surface area contributed by atoms with Crippen molar-refractivity contribution in [3.63, 3.8) is 0 Å². The quantitative estimate of drug-likeness (QED) is 0.502. The van der Waals surface area contributed by atoms with Gasteiger partial charge in [-0.2, -0.15) is 30.0 Å². The number of fused-ring (bicyclic) bond motifs is 2. The first-order chi connectivity index (χ1) is 13.6. The van der Waals surface area contributed by atoms with Crippen molar-refractivity contribution >= 4 is 30.1 Å². The summed E-state index contributed by atoms with van der Waals surface area (Å²) in [5, 5.41) is -1.97. The van der Waals surface area contributed by atoms with Crippen LogP contribution in [0.2, 0.25) is 0 Å². The molecule has 14 heteroatoms. The molecule has 1 atom stereocenters. The Morgan fingerprint density at radius 1 is 0.933 bits per heavy atom. The van der Waals surface area contributed by atoms with Crippen LogP contribution in [0.25, 0.3) is 0 Å². The molecular formula is C16H13F3O8S3. The summed E-state index contributed by atoms with van der Waals surface area (Å²) in [5.41, 5.74) is -0.687. The minimum atomic E-state index is -5.46. The van der Waals surface area contributed by atoms with Gasteiger partial charge in [-0.1, -0.05) is 36.4 Å². The Kier molecular flexibility index (Phi) is 5.52. The van der Waals surface area contributed by atoms with E-state index in [2.05, 4.69) is 4.18 Å². The van der Waals surface area contributed by atoms with Crippen LogP contribution < -0.4 is 0 Å². The van der Waals surface area contributed by atoms with Crippen LogP contribution >= 0.6 is 0 Å². The summed E-state index contributed by atoms with van der Waals surface area (Å²) >= 11 is 0. The lowest BCUT2D eigenvalue weighted by Crippen LogP contribution is -2.41. The van der Waals surface area contributed by atoms with Crippen LogP contribution in [0.4, 0.5) is 13.2 Å². The molecule has 1 N–H and O–H groups in total. The topological polar surface area (TPSA) is 132 Å². The van der Waals surface area contributed by atoms with Crippen LogP contribution in [0.1, 0.15) is 16.4 Å². The summed E-state index contributed by atoms with van der Waals surface area (Å²) in [7, 11) is -14.7. The lowest BCUT2D eigenvalue weighted by molar-refractivity contribution is -0.187. The third-order valence-corrected chi connectivity index (χ3v) is 8.46. The van der Waals surface area contributed by atoms with Crippen LogP contribution in [-0.4, -0.2) is 47.8 Å². The smallest absolute Gasteiger partial charge is 0.285 e. The number of alkyl halides is 3. The van der Waals surface area contributed by atoms with E-state index in [0.717, 1.165) is 24.3 Å². The number of rotatable bonds is 5. The maximum atomic E-state index is 13.2. The standard InChI is InChI=1S/C16H13F3O8S3/c17-16(18,19)14(9-28(20,21)22)27-30(25,26)15-10-5-1-3-7-12(10)29(23,24)13-8-4-2-6-11(13)15/h1-8,14-15H,9H2,(H,20,21,22). The average Bonchev–Trinajstić information content (AvgIpc) is 2.59. The van der Waals surface area contributed by atoms with Gasteiger partial charge in [0.15, 0.2) is 6.10 Å². The van der Waals surface area contributed by atoms with Gasteiger partial charge in [0.1, 0.15) is 11.0 Å². The van der Waals surface area contributed by atoms with Crippen LogP contribution in [0.15, 0.2) is 58.3 Å². The van der Waals surface area contributed by atoms with E-state index in [9.17, 15) is 38.4 Å². The predicted molar refractivity (Wildman–Crippen MR) is 96.4 cm³/mol. The summed E-state index contributed by atoms with van der Waals surface area (Å²) in [5.74, 6) is -2.05. The van der Waals surface area contributed by atoms with Crippen molar-refractivity contribution in [3.05, 3.63) is 59.7 Å². The summed E-state index contributed by atoms with van der Waals surface area (Å²) in [6, 6.07) is 9.64. The fourth-order valence-corrected chi connectivity index (χ4v) is 7.33. The highest BCUT2D eigenvalue weighted by Crippen LogP contribution is 2.45. The van der Waals surface area contributed by atoms with Gasteiger partial charge < -0.3 is 0 Å². The van der Waals surface area contributed by atoms with Crippen molar-refractivity contribution in [2.75, 3.05) is 5.75 Å². The van der Waals surface area contributed by atoms with Gasteiger partial charge in [-0.05, 0) is 23.3 Å². The van der Waals surface area contributed by atoms with Gasteiger partial charge >= 0.3 is 6.18 Å². The third-order valence-electron chi connectivity index (χ3n) is 4.25. The zero-order valence-electron chi connectivity index (χ0n) is 14.6. The molecule has 0 aliphatic carbocycles. The predicted octanol–water partition coefficient (Wildman–Crippen LogP) is 2.09. The van der Waals surface area contributed by atoms with Crippen LogP contribution in [0.3, 0.4) is 0 Å². The molecule has 0 saturated carbocycles. The number of sulfone groups is 1. The molecule has 1 heterocycles. The maximum absolute atomic E-state index is 13.2. The second-order valence-electron chi connectivity index (χ2n) is 6.33. The highest BCUT2D eigenvalue weighted by molar-refractivity contribution is 7.92. The summed E-state index contributed by atoms with van der Waals surface area (Å²) < 4.78 is 126. The highest BCUT2D eigenvalue weighted by Gasteiger charge is 2.50. The summed E-state index contributed by atoms with van der Waals surface area (Å²) in [6.45, 7) is 0. The fourth-order valence-electron chi connectivity index (χ4n) is 3.07. The molecule has 0 fully saturated rings. The molecule has 0 radical (unpaired) electrons. The maximum Gasteiger partial charge on any atom is 0.417 e. The molecule has 164 valence electrons. The lowest BCUT2D eigenvalue weighted by atomic mass is 10.0. The van der Waals surface area contributed by atoms with E-state index in [4.69, 9.17) is 4.55 Å². The van der Waals surface area contributed by atoms with Crippen LogP contribution in [0, 0.1) is 0 Å². The number of benzene rings is 2. The molecule has 2 aromatic rings. The first-order valence-electron chi connectivity index (χ1n) is 8.01. The Morgan fingerprint density at radius 3 is 1.77 bits per heavy atom. The Balaban J connectivity index is 2.20. The van der Waals surface area contributed by atoms with Gasteiger partial charge in [0, 0.05) is 0 Å². The number of hydrogen-bond acceptors (Lipinski definition) is 7. The minimum absolute atomic E-state index is 0.344. The van der Waals surface area contributed by atoms with Crippen molar-refractivity contribution < 1.29 is 47.2 Å². The van der Waals surface area contributed by atoms with E-state index < -0.39 is 63.1 Å². The minimum Gasteiger partial charge on any atom is -0.285 e. The Labute approximate surface area is 170 Å². The van der Waals surface area contributed by atoms with Crippen LogP contribution in [-0.2, 0) is 34.3 Å². The molecule has 3 rings (SSSR count). The molecule has 30 heavy (non-hydrogen) atoms. The molecule has 8 nitrogen and oxygen atoms in total. The Hall–Kier alpha value is -2.00. The third kappa shape index (κ3) is 4.23. The zero-order valence-corrected chi connectivity index (χ0v) is 17.1. The van der Waals surface area contributed by atoms with Crippen molar-refractivity contribution in [2.24, 2.45) is 0 Å². The van der Waals surface area contributed by atoms with E-state index in [-0.39, 0.29) is 11.1 Å². The highest BCUT2D eigenvalue weighted by atomic mass is 32.2. The van der Waals surface area contributed by atoms with E-state index in [1.54, 1.807) is 0 Å². The van der Waals surface area contributed by atoms with Crippen molar-refractivity contribution in [1.29, 1.82) is 0 Å². The van der Waals surface area contributed by atoms with E-state index in [1.165, 1.54) is 24.3 Å². The molecule has 0 amide bonds. The fraction of sp³-hybridized carbons (Fsp3) is 0.250. The second-order valence-corrected chi connectivity index (χ2v) is 11.4. The molecular weight excluding hydrogens is 473 g/mol.